The Bertz CT molecular complexity index is 384. The Hall–Kier alpha value is -1.10. The van der Waals surface area contributed by atoms with Crippen molar-refractivity contribution in [3.05, 3.63) is 24.0 Å². The van der Waals surface area contributed by atoms with Crippen molar-refractivity contribution >= 4 is 27.5 Å². The normalized spacial score (nSPS) is 12.0. The molecule has 0 aromatic heterocycles. The Labute approximate surface area is 102 Å². The summed E-state index contributed by atoms with van der Waals surface area (Å²) in [6.45, 7) is 1.88. The zero-order chi connectivity index (χ0) is 12.1. The minimum atomic E-state index is -0.497. The molecular formula is C11H13BrFNO2. The molecular weight excluding hydrogens is 277 g/mol. The van der Waals surface area contributed by atoms with E-state index in [9.17, 15) is 9.18 Å². The van der Waals surface area contributed by atoms with E-state index < -0.39 is 5.82 Å². The molecule has 1 atom stereocenters. The van der Waals surface area contributed by atoms with E-state index in [0.29, 0.717) is 12.1 Å². The van der Waals surface area contributed by atoms with Crippen molar-refractivity contribution in [3.63, 3.8) is 0 Å². The molecule has 0 fully saturated rings. The van der Waals surface area contributed by atoms with Crippen LogP contribution in [-0.4, -0.2) is 17.8 Å². The number of nitrogens with one attached hydrogen (secondary N) is 1. The molecule has 0 heterocycles. The Morgan fingerprint density at radius 1 is 1.62 bits per heavy atom. The average Bonchev–Trinajstić information content (AvgIpc) is 2.28. The Kier molecular flexibility index (Phi) is 4.73. The minimum absolute atomic E-state index is 0.156. The Morgan fingerprint density at radius 3 is 2.81 bits per heavy atom. The van der Waals surface area contributed by atoms with Crippen LogP contribution in [0.4, 0.5) is 10.1 Å². The van der Waals surface area contributed by atoms with Crippen LogP contribution >= 0.6 is 15.9 Å². The van der Waals surface area contributed by atoms with Gasteiger partial charge in [-0.05, 0) is 18.6 Å². The number of ether oxygens (including phenoxy) is 1. The predicted molar refractivity (Wildman–Crippen MR) is 64.6 cm³/mol. The summed E-state index contributed by atoms with van der Waals surface area (Å²) in [7, 11) is 1.39. The summed E-state index contributed by atoms with van der Waals surface area (Å²) in [5.74, 6) is -0.529. The first kappa shape index (κ1) is 13.0. The molecule has 5 heteroatoms. The largest absolute Gasteiger partial charge is 0.494 e. The van der Waals surface area contributed by atoms with Crippen LogP contribution < -0.4 is 10.1 Å². The summed E-state index contributed by atoms with van der Waals surface area (Å²) in [6, 6.07) is 4.29. The second-order valence-electron chi connectivity index (χ2n) is 3.21. The second kappa shape index (κ2) is 5.84. The SMILES string of the molecule is CCC(Br)C(=O)Nc1ccc(OC)c(F)c1. The van der Waals surface area contributed by atoms with E-state index in [4.69, 9.17) is 4.74 Å². The number of methoxy groups -OCH3 is 1. The van der Waals surface area contributed by atoms with Gasteiger partial charge in [0.25, 0.3) is 0 Å². The molecule has 0 spiro atoms. The molecule has 0 aliphatic carbocycles. The van der Waals surface area contributed by atoms with Crippen LogP contribution in [0.3, 0.4) is 0 Å². The van der Waals surface area contributed by atoms with Gasteiger partial charge in [-0.3, -0.25) is 4.79 Å². The van der Waals surface area contributed by atoms with Gasteiger partial charge in [-0.2, -0.15) is 0 Å². The van der Waals surface area contributed by atoms with Crippen LogP contribution in [0.25, 0.3) is 0 Å². The van der Waals surface area contributed by atoms with Gasteiger partial charge in [-0.25, -0.2) is 4.39 Å². The molecule has 0 aliphatic rings. The highest BCUT2D eigenvalue weighted by Gasteiger charge is 2.13. The molecule has 0 saturated heterocycles. The average molecular weight is 290 g/mol. The van der Waals surface area contributed by atoms with Crippen molar-refractivity contribution in [2.75, 3.05) is 12.4 Å². The van der Waals surface area contributed by atoms with E-state index >= 15 is 0 Å². The molecule has 0 saturated carbocycles. The third-order valence-electron chi connectivity index (χ3n) is 2.06. The molecule has 1 aromatic rings. The van der Waals surface area contributed by atoms with Gasteiger partial charge in [0.05, 0.1) is 11.9 Å². The van der Waals surface area contributed by atoms with Crippen molar-refractivity contribution in [3.8, 4) is 5.75 Å². The maximum absolute atomic E-state index is 13.3. The number of hydrogen-bond acceptors (Lipinski definition) is 2. The molecule has 0 radical (unpaired) electrons. The fourth-order valence-electron chi connectivity index (χ4n) is 1.15. The Balaban J connectivity index is 2.75. The van der Waals surface area contributed by atoms with Crippen molar-refractivity contribution < 1.29 is 13.9 Å². The van der Waals surface area contributed by atoms with Gasteiger partial charge in [-0.1, -0.05) is 22.9 Å². The first-order chi connectivity index (χ1) is 7.58. The van der Waals surface area contributed by atoms with Crippen molar-refractivity contribution in [1.82, 2.24) is 0 Å². The van der Waals surface area contributed by atoms with Gasteiger partial charge in [-0.15, -0.1) is 0 Å². The zero-order valence-corrected chi connectivity index (χ0v) is 10.7. The summed E-state index contributed by atoms with van der Waals surface area (Å²) in [5, 5.41) is 2.60. The molecule has 0 aliphatic heterocycles. The molecule has 1 N–H and O–H groups in total. The molecule has 3 nitrogen and oxygen atoms in total. The van der Waals surface area contributed by atoms with Gasteiger partial charge in [0, 0.05) is 11.8 Å². The Morgan fingerprint density at radius 2 is 2.31 bits per heavy atom. The number of alkyl halides is 1. The lowest BCUT2D eigenvalue weighted by Gasteiger charge is -2.09. The van der Waals surface area contributed by atoms with Gasteiger partial charge >= 0.3 is 0 Å². The number of carbonyl (C=O) groups excluding carboxylic acids is 1. The summed E-state index contributed by atoms with van der Waals surface area (Å²) >= 11 is 3.22. The van der Waals surface area contributed by atoms with Gasteiger partial charge in [0.15, 0.2) is 11.6 Å². The second-order valence-corrected chi connectivity index (χ2v) is 4.32. The standard InChI is InChI=1S/C11H13BrFNO2/c1-3-8(12)11(15)14-7-4-5-10(16-2)9(13)6-7/h4-6,8H,3H2,1-2H3,(H,14,15). The monoisotopic (exact) mass is 289 g/mol. The third-order valence-corrected chi connectivity index (χ3v) is 3.13. The number of benzene rings is 1. The van der Waals surface area contributed by atoms with Crippen LogP contribution in [0, 0.1) is 5.82 Å². The van der Waals surface area contributed by atoms with Crippen LogP contribution in [0.15, 0.2) is 18.2 Å². The fraction of sp³-hybridized carbons (Fsp3) is 0.364. The first-order valence-corrected chi connectivity index (χ1v) is 5.78. The van der Waals surface area contributed by atoms with E-state index in [0.717, 1.165) is 0 Å². The molecule has 1 amide bonds. The van der Waals surface area contributed by atoms with Crippen molar-refractivity contribution in [1.29, 1.82) is 0 Å². The van der Waals surface area contributed by atoms with E-state index in [1.807, 2.05) is 6.92 Å². The molecule has 16 heavy (non-hydrogen) atoms. The minimum Gasteiger partial charge on any atom is -0.494 e. The third kappa shape index (κ3) is 3.20. The van der Waals surface area contributed by atoms with Crippen LogP contribution in [0.2, 0.25) is 0 Å². The number of anilines is 1. The molecule has 88 valence electrons. The number of halogens is 2. The van der Waals surface area contributed by atoms with Gasteiger partial charge < -0.3 is 10.1 Å². The van der Waals surface area contributed by atoms with E-state index in [2.05, 4.69) is 21.2 Å². The van der Waals surface area contributed by atoms with Gasteiger partial charge in [0.1, 0.15) is 0 Å². The summed E-state index contributed by atoms with van der Waals surface area (Å²) < 4.78 is 18.1. The quantitative estimate of drug-likeness (QED) is 0.866. The molecule has 1 rings (SSSR count). The number of carbonyl (C=O) groups is 1. The summed E-state index contributed by atoms with van der Waals surface area (Å²) in [4.78, 5) is 11.2. The maximum atomic E-state index is 13.3. The lowest BCUT2D eigenvalue weighted by molar-refractivity contribution is -0.115. The lowest BCUT2D eigenvalue weighted by Crippen LogP contribution is -2.22. The summed E-state index contributed by atoms with van der Waals surface area (Å²) in [6.07, 6.45) is 0.671. The number of hydrogen-bond donors (Lipinski definition) is 1. The molecule has 1 aromatic carbocycles. The topological polar surface area (TPSA) is 38.3 Å². The molecule has 1 unspecified atom stereocenters. The maximum Gasteiger partial charge on any atom is 0.238 e. The first-order valence-electron chi connectivity index (χ1n) is 4.87. The van der Waals surface area contributed by atoms with Gasteiger partial charge in [0.2, 0.25) is 5.91 Å². The number of rotatable bonds is 4. The lowest BCUT2D eigenvalue weighted by atomic mass is 10.2. The van der Waals surface area contributed by atoms with Crippen LogP contribution in [0.5, 0.6) is 5.75 Å². The zero-order valence-electron chi connectivity index (χ0n) is 9.09. The summed E-state index contributed by atoms with van der Waals surface area (Å²) in [5.41, 5.74) is 0.418. The van der Waals surface area contributed by atoms with Crippen molar-refractivity contribution in [2.24, 2.45) is 0 Å². The van der Waals surface area contributed by atoms with Crippen LogP contribution in [-0.2, 0) is 4.79 Å². The highest BCUT2D eigenvalue weighted by molar-refractivity contribution is 9.10. The van der Waals surface area contributed by atoms with E-state index in [1.54, 1.807) is 6.07 Å². The highest BCUT2D eigenvalue weighted by atomic mass is 79.9. The van der Waals surface area contributed by atoms with E-state index in [1.165, 1.54) is 19.2 Å². The predicted octanol–water partition coefficient (Wildman–Crippen LogP) is 2.95. The smallest absolute Gasteiger partial charge is 0.238 e. The number of amides is 1. The fourth-order valence-corrected chi connectivity index (χ4v) is 1.26. The highest BCUT2D eigenvalue weighted by Crippen LogP contribution is 2.21. The van der Waals surface area contributed by atoms with E-state index in [-0.39, 0.29) is 16.5 Å². The molecule has 0 bridgehead atoms. The van der Waals surface area contributed by atoms with Crippen molar-refractivity contribution in [2.45, 2.75) is 18.2 Å². The van der Waals surface area contributed by atoms with Crippen LogP contribution in [0.1, 0.15) is 13.3 Å².